The van der Waals surface area contributed by atoms with E-state index in [0.717, 1.165) is 0 Å². The summed E-state index contributed by atoms with van der Waals surface area (Å²) in [6.45, 7) is -0.0840. The number of carbonyl (C=O) groups is 2. The van der Waals surface area contributed by atoms with E-state index in [1.807, 2.05) is 0 Å². The highest BCUT2D eigenvalue weighted by atomic mass is 32.2. The smallest absolute Gasteiger partial charge is 0.312 e. The zero-order valence-electron chi connectivity index (χ0n) is 10.4. The third-order valence-corrected chi connectivity index (χ3v) is 4.77. The van der Waals surface area contributed by atoms with Crippen molar-refractivity contribution in [2.45, 2.75) is 18.6 Å². The van der Waals surface area contributed by atoms with Crippen LogP contribution in [0.5, 0.6) is 0 Å². The summed E-state index contributed by atoms with van der Waals surface area (Å²) in [6, 6.07) is 0. The van der Waals surface area contributed by atoms with Crippen LogP contribution in [0.1, 0.15) is 6.42 Å². The summed E-state index contributed by atoms with van der Waals surface area (Å²) >= 11 is 0. The van der Waals surface area contributed by atoms with Crippen LogP contribution < -0.4 is 0 Å². The summed E-state index contributed by atoms with van der Waals surface area (Å²) in [6.07, 6.45) is -0.276. The number of hydrogen-bond acceptors (Lipinski definition) is 7. The fourth-order valence-electron chi connectivity index (χ4n) is 3.20. The maximum atomic E-state index is 11.9. The Morgan fingerprint density at radius 3 is 2.90 bits per heavy atom. The molecule has 0 aromatic heterocycles. The summed E-state index contributed by atoms with van der Waals surface area (Å²) in [5.74, 6) is -2.58. The van der Waals surface area contributed by atoms with Gasteiger partial charge in [-0.15, -0.1) is 0 Å². The maximum Gasteiger partial charge on any atom is 0.312 e. The van der Waals surface area contributed by atoms with Gasteiger partial charge in [-0.05, 0) is 6.42 Å². The first-order valence-corrected chi connectivity index (χ1v) is 7.91. The standard InChI is InChI=1S/C11H14O8S/c12-10(17-1-2-20(14,15)16)5-3-7-6-4-18-11(13)8(6)9(5)19-7/h5-9H,1-4H2,(H,14,15,16). The molecule has 0 spiro atoms. The lowest BCUT2D eigenvalue weighted by Gasteiger charge is -2.23. The Balaban J connectivity index is 1.59. The van der Waals surface area contributed by atoms with Crippen LogP contribution in [-0.4, -0.2) is 56.1 Å². The van der Waals surface area contributed by atoms with E-state index in [4.69, 9.17) is 18.8 Å². The quantitative estimate of drug-likeness (QED) is 0.519. The Bertz CT molecular complexity index is 541. The first-order valence-electron chi connectivity index (χ1n) is 6.31. The van der Waals surface area contributed by atoms with Gasteiger partial charge in [-0.3, -0.25) is 14.1 Å². The summed E-state index contributed by atoms with van der Waals surface area (Å²) in [4.78, 5) is 23.5. The molecule has 8 nitrogen and oxygen atoms in total. The van der Waals surface area contributed by atoms with Gasteiger partial charge in [-0.25, -0.2) is 0 Å². The van der Waals surface area contributed by atoms with Crippen molar-refractivity contribution in [3.63, 3.8) is 0 Å². The number of hydrogen-bond donors (Lipinski definition) is 1. The lowest BCUT2D eigenvalue weighted by molar-refractivity contribution is -0.152. The largest absolute Gasteiger partial charge is 0.465 e. The second-order valence-electron chi connectivity index (χ2n) is 5.25. The maximum absolute atomic E-state index is 11.9. The molecular formula is C11H14O8S. The molecule has 2 bridgehead atoms. The molecule has 0 aliphatic carbocycles. The van der Waals surface area contributed by atoms with Crippen LogP contribution in [-0.2, 0) is 33.9 Å². The van der Waals surface area contributed by atoms with Gasteiger partial charge < -0.3 is 14.2 Å². The predicted molar refractivity (Wildman–Crippen MR) is 62.1 cm³/mol. The highest BCUT2D eigenvalue weighted by Crippen LogP contribution is 2.50. The van der Waals surface area contributed by atoms with E-state index in [0.29, 0.717) is 13.0 Å². The third-order valence-electron chi connectivity index (χ3n) is 4.09. The average molecular weight is 306 g/mol. The van der Waals surface area contributed by atoms with Gasteiger partial charge in [0.25, 0.3) is 10.1 Å². The molecule has 0 aromatic rings. The number of ether oxygens (including phenoxy) is 3. The van der Waals surface area contributed by atoms with Crippen LogP contribution in [0, 0.1) is 17.8 Å². The average Bonchev–Trinajstić information content (AvgIpc) is 2.99. The summed E-state index contributed by atoms with van der Waals surface area (Å²) in [5.41, 5.74) is 0. The molecule has 1 N–H and O–H groups in total. The molecule has 0 aromatic carbocycles. The molecule has 0 saturated carbocycles. The van der Waals surface area contributed by atoms with Crippen molar-refractivity contribution in [2.24, 2.45) is 17.8 Å². The van der Waals surface area contributed by atoms with Crippen LogP contribution in [0.3, 0.4) is 0 Å². The van der Waals surface area contributed by atoms with Crippen LogP contribution in [0.4, 0.5) is 0 Å². The van der Waals surface area contributed by atoms with Crippen LogP contribution >= 0.6 is 0 Å². The Morgan fingerprint density at radius 1 is 1.45 bits per heavy atom. The molecule has 112 valence electrons. The van der Waals surface area contributed by atoms with Crippen LogP contribution in [0.2, 0.25) is 0 Å². The van der Waals surface area contributed by atoms with E-state index in [9.17, 15) is 18.0 Å². The molecule has 9 heteroatoms. The minimum Gasteiger partial charge on any atom is -0.465 e. The fourth-order valence-corrected chi connectivity index (χ4v) is 3.50. The van der Waals surface area contributed by atoms with E-state index >= 15 is 0 Å². The summed E-state index contributed by atoms with van der Waals surface area (Å²) in [7, 11) is -4.16. The predicted octanol–water partition coefficient (Wildman–Crippen LogP) is -1.01. The van der Waals surface area contributed by atoms with Crippen molar-refractivity contribution in [3.8, 4) is 0 Å². The molecular weight excluding hydrogens is 292 g/mol. The highest BCUT2D eigenvalue weighted by Gasteiger charge is 2.62. The topological polar surface area (TPSA) is 116 Å². The highest BCUT2D eigenvalue weighted by molar-refractivity contribution is 7.85. The van der Waals surface area contributed by atoms with E-state index in [1.54, 1.807) is 0 Å². The lowest BCUT2D eigenvalue weighted by atomic mass is 9.75. The Morgan fingerprint density at radius 2 is 2.20 bits per heavy atom. The van der Waals surface area contributed by atoms with Gasteiger partial charge in [0, 0.05) is 5.92 Å². The SMILES string of the molecule is O=C(OCCS(=O)(=O)O)C1CC2OC1C1C(=O)OCC21. The second kappa shape index (κ2) is 4.68. The van der Waals surface area contributed by atoms with Crippen molar-refractivity contribution in [2.75, 3.05) is 19.0 Å². The molecule has 0 radical (unpaired) electrons. The van der Waals surface area contributed by atoms with E-state index in [-0.39, 0.29) is 18.0 Å². The van der Waals surface area contributed by atoms with Crippen molar-refractivity contribution in [3.05, 3.63) is 0 Å². The number of esters is 2. The van der Waals surface area contributed by atoms with Crippen molar-refractivity contribution in [1.82, 2.24) is 0 Å². The first-order chi connectivity index (χ1) is 9.37. The van der Waals surface area contributed by atoms with Gasteiger partial charge in [-0.2, -0.15) is 8.42 Å². The van der Waals surface area contributed by atoms with Crippen LogP contribution in [0.25, 0.3) is 0 Å². The zero-order chi connectivity index (χ0) is 14.5. The van der Waals surface area contributed by atoms with E-state index in [2.05, 4.69) is 0 Å². The Hall–Kier alpha value is -1.19. The molecule has 3 heterocycles. The van der Waals surface area contributed by atoms with Crippen molar-refractivity contribution >= 4 is 22.1 Å². The monoisotopic (exact) mass is 306 g/mol. The summed E-state index contributed by atoms with van der Waals surface area (Å²) < 4.78 is 45.0. The lowest BCUT2D eigenvalue weighted by Crippen LogP contribution is -2.39. The van der Waals surface area contributed by atoms with Crippen LogP contribution in [0.15, 0.2) is 0 Å². The molecule has 3 saturated heterocycles. The van der Waals surface area contributed by atoms with Crippen molar-refractivity contribution in [1.29, 1.82) is 0 Å². The van der Waals surface area contributed by atoms with Gasteiger partial charge >= 0.3 is 11.9 Å². The minimum atomic E-state index is -4.16. The number of cyclic esters (lactones) is 1. The van der Waals surface area contributed by atoms with Gasteiger partial charge in [0.2, 0.25) is 0 Å². The van der Waals surface area contributed by atoms with Crippen molar-refractivity contribution < 1.29 is 36.8 Å². The molecule has 5 atom stereocenters. The molecule has 3 rings (SSSR count). The Kier molecular flexibility index (Phi) is 3.22. The second-order valence-corrected chi connectivity index (χ2v) is 6.83. The first kappa shape index (κ1) is 13.8. The number of rotatable bonds is 4. The van der Waals surface area contributed by atoms with E-state index < -0.39 is 46.4 Å². The summed E-state index contributed by atoms with van der Waals surface area (Å²) in [5, 5.41) is 0. The Labute approximate surface area is 115 Å². The normalized spacial score (nSPS) is 38.6. The molecule has 0 amide bonds. The minimum absolute atomic E-state index is 0.00868. The molecule has 20 heavy (non-hydrogen) atoms. The number of carbonyl (C=O) groups excluding carboxylic acids is 2. The van der Waals surface area contributed by atoms with Gasteiger partial charge in [-0.1, -0.05) is 0 Å². The zero-order valence-corrected chi connectivity index (χ0v) is 11.2. The van der Waals surface area contributed by atoms with E-state index in [1.165, 1.54) is 0 Å². The third kappa shape index (κ3) is 2.29. The molecule has 5 unspecified atom stereocenters. The number of fused-ring (bicyclic) bond motifs is 5. The molecule has 3 aliphatic heterocycles. The molecule has 3 aliphatic rings. The fraction of sp³-hybridized carbons (Fsp3) is 0.818. The van der Waals surface area contributed by atoms with Gasteiger partial charge in [0.1, 0.15) is 12.4 Å². The van der Waals surface area contributed by atoms with Gasteiger partial charge in [0.05, 0.1) is 30.7 Å². The molecule has 3 fully saturated rings. The van der Waals surface area contributed by atoms with Gasteiger partial charge in [0.15, 0.2) is 0 Å².